The summed E-state index contributed by atoms with van der Waals surface area (Å²) in [5.74, 6) is -0.0959. The third kappa shape index (κ3) is 4.91. The zero-order chi connectivity index (χ0) is 21.8. The Bertz CT molecular complexity index is 935. The average molecular weight is 429 g/mol. The van der Waals surface area contributed by atoms with Gasteiger partial charge in [0, 0.05) is 38.3 Å². The van der Waals surface area contributed by atoms with Crippen molar-refractivity contribution >= 4 is 28.5 Å². The number of aromatic nitrogens is 2. The predicted molar refractivity (Wildman–Crippen MR) is 118 cm³/mol. The van der Waals surface area contributed by atoms with Gasteiger partial charge in [-0.1, -0.05) is 19.3 Å². The summed E-state index contributed by atoms with van der Waals surface area (Å²) in [6, 6.07) is 3.60. The number of amides is 2. The minimum atomic E-state index is -0.499. The van der Waals surface area contributed by atoms with E-state index >= 15 is 0 Å². The van der Waals surface area contributed by atoms with Gasteiger partial charge in [-0.15, -0.1) is 0 Å². The van der Waals surface area contributed by atoms with Crippen LogP contribution in [0.15, 0.2) is 18.5 Å². The first-order valence-electron chi connectivity index (χ1n) is 11.3. The van der Waals surface area contributed by atoms with Gasteiger partial charge in [0.2, 0.25) is 5.91 Å². The number of β-amino-alcohol motifs (C(OH)–C–C–N with tert-alkyl or cyclic N) is 1. The second kappa shape index (κ2) is 9.78. The van der Waals surface area contributed by atoms with Gasteiger partial charge in [0.05, 0.1) is 35.6 Å². The van der Waals surface area contributed by atoms with Gasteiger partial charge in [-0.05, 0) is 37.8 Å². The molecule has 168 valence electrons. The number of benzene rings is 1. The number of aliphatic hydroxyl groups is 1. The van der Waals surface area contributed by atoms with Crippen LogP contribution in [0, 0.1) is 5.92 Å². The van der Waals surface area contributed by atoms with Crippen LogP contribution >= 0.6 is 0 Å². The number of ether oxygens (including phenoxy) is 1. The highest BCUT2D eigenvalue weighted by atomic mass is 16.5. The molecule has 8 heteroatoms. The minimum Gasteiger partial charge on any atom is -0.391 e. The van der Waals surface area contributed by atoms with Crippen LogP contribution in [0.5, 0.6) is 0 Å². The van der Waals surface area contributed by atoms with Gasteiger partial charge in [-0.2, -0.15) is 0 Å². The number of fused-ring (bicyclic) bond motifs is 1. The van der Waals surface area contributed by atoms with Gasteiger partial charge >= 0.3 is 0 Å². The molecule has 1 aromatic heterocycles. The maximum atomic E-state index is 13.5. The van der Waals surface area contributed by atoms with Gasteiger partial charge in [-0.3, -0.25) is 9.59 Å². The Hall–Kier alpha value is -2.45. The summed E-state index contributed by atoms with van der Waals surface area (Å²) < 4.78 is 7.12. The summed E-state index contributed by atoms with van der Waals surface area (Å²) in [7, 11) is 1.64. The molecule has 1 aromatic carbocycles. The number of hydrogen-bond acceptors (Lipinski definition) is 5. The lowest BCUT2D eigenvalue weighted by atomic mass is 9.88. The number of methoxy groups -OCH3 is 1. The van der Waals surface area contributed by atoms with Crippen LogP contribution in [0.1, 0.15) is 55.3 Å². The quantitative estimate of drug-likeness (QED) is 0.738. The zero-order valence-electron chi connectivity index (χ0n) is 18.2. The molecule has 2 aliphatic rings. The number of carbonyl (C=O) groups is 2. The monoisotopic (exact) mass is 428 g/mol. The highest BCUT2D eigenvalue weighted by Crippen LogP contribution is 2.29. The number of rotatable bonds is 6. The summed E-state index contributed by atoms with van der Waals surface area (Å²) in [5.41, 5.74) is 2.50. The molecule has 2 aromatic rings. The second-order valence-electron chi connectivity index (χ2n) is 8.69. The molecule has 2 N–H and O–H groups in total. The van der Waals surface area contributed by atoms with Crippen LogP contribution in [-0.2, 0) is 16.1 Å². The molecular formula is C23H32N4O4. The van der Waals surface area contributed by atoms with Gasteiger partial charge < -0.3 is 24.6 Å². The highest BCUT2D eigenvalue weighted by Gasteiger charge is 2.27. The largest absolute Gasteiger partial charge is 0.391 e. The molecule has 8 nitrogen and oxygen atoms in total. The maximum Gasteiger partial charge on any atom is 0.256 e. The Morgan fingerprint density at radius 1 is 1.19 bits per heavy atom. The van der Waals surface area contributed by atoms with E-state index in [0.717, 1.165) is 37.6 Å². The molecule has 0 spiro atoms. The van der Waals surface area contributed by atoms with Crippen molar-refractivity contribution in [3.8, 4) is 0 Å². The molecule has 2 fully saturated rings. The van der Waals surface area contributed by atoms with Gasteiger partial charge in [0.15, 0.2) is 0 Å². The molecule has 0 bridgehead atoms. The number of imidazole rings is 1. The number of likely N-dealkylation sites (tertiary alicyclic amines) is 1. The minimum absolute atomic E-state index is 0.0182. The predicted octanol–water partition coefficient (Wildman–Crippen LogP) is 2.80. The standard InChI is InChI=1S/C23H32N4O4/c1-31-11-10-27-15-24-20-13-17(25-22(29)16-6-3-2-4-7-16)12-19(21(20)27)23(30)26-9-5-8-18(28)14-26/h12-13,15-16,18,28H,2-11,14H2,1H3,(H,25,29). The number of carbonyl (C=O) groups excluding carboxylic acids is 2. The van der Waals surface area contributed by atoms with Crippen LogP contribution in [0.4, 0.5) is 5.69 Å². The normalized spacial score (nSPS) is 20.2. The summed E-state index contributed by atoms with van der Waals surface area (Å²) in [5, 5.41) is 13.1. The van der Waals surface area contributed by atoms with E-state index in [1.54, 1.807) is 24.4 Å². The van der Waals surface area contributed by atoms with Crippen molar-refractivity contribution in [2.45, 2.75) is 57.6 Å². The molecule has 1 unspecified atom stereocenters. The Morgan fingerprint density at radius 3 is 2.74 bits per heavy atom. The van der Waals surface area contributed by atoms with Gasteiger partial charge in [0.1, 0.15) is 0 Å². The summed E-state index contributed by atoms with van der Waals surface area (Å²) >= 11 is 0. The van der Waals surface area contributed by atoms with E-state index in [1.807, 2.05) is 10.6 Å². The Labute approximate surface area is 182 Å². The SMILES string of the molecule is COCCn1cnc2cc(NC(=O)C3CCCCC3)cc(C(=O)N3CCCC(O)C3)c21. The van der Waals surface area contributed by atoms with E-state index in [-0.39, 0.29) is 17.7 Å². The van der Waals surface area contributed by atoms with Gasteiger partial charge in [-0.25, -0.2) is 4.98 Å². The topological polar surface area (TPSA) is 96.7 Å². The molecular weight excluding hydrogens is 396 g/mol. The first kappa shape index (κ1) is 21.8. The lowest BCUT2D eigenvalue weighted by Gasteiger charge is -2.30. The van der Waals surface area contributed by atoms with E-state index in [0.29, 0.717) is 49.4 Å². The van der Waals surface area contributed by atoms with E-state index < -0.39 is 6.10 Å². The molecule has 1 aliphatic carbocycles. The van der Waals surface area contributed by atoms with Crippen LogP contribution in [0.25, 0.3) is 11.0 Å². The fraction of sp³-hybridized carbons (Fsp3) is 0.609. The van der Waals surface area contributed by atoms with Crippen LogP contribution in [0.3, 0.4) is 0 Å². The second-order valence-corrected chi connectivity index (χ2v) is 8.69. The van der Waals surface area contributed by atoms with Gasteiger partial charge in [0.25, 0.3) is 5.91 Å². The van der Waals surface area contributed by atoms with Crippen molar-refractivity contribution in [3.05, 3.63) is 24.0 Å². The van der Waals surface area contributed by atoms with E-state index in [1.165, 1.54) is 6.42 Å². The van der Waals surface area contributed by atoms with Crippen molar-refractivity contribution in [2.75, 3.05) is 32.1 Å². The highest BCUT2D eigenvalue weighted by molar-refractivity contribution is 6.07. The third-order valence-corrected chi connectivity index (χ3v) is 6.41. The molecule has 1 saturated heterocycles. The maximum absolute atomic E-state index is 13.5. The lowest BCUT2D eigenvalue weighted by Crippen LogP contribution is -2.42. The van der Waals surface area contributed by atoms with Crippen LogP contribution in [-0.4, -0.2) is 64.3 Å². The van der Waals surface area contributed by atoms with Crippen molar-refractivity contribution in [1.82, 2.24) is 14.5 Å². The first-order chi connectivity index (χ1) is 15.1. The molecule has 2 heterocycles. The number of aliphatic hydroxyl groups excluding tert-OH is 1. The number of anilines is 1. The fourth-order valence-corrected chi connectivity index (χ4v) is 4.72. The van der Waals surface area contributed by atoms with Crippen molar-refractivity contribution < 1.29 is 19.4 Å². The number of nitrogens with one attached hydrogen (secondary N) is 1. The Kier molecular flexibility index (Phi) is 6.87. The summed E-state index contributed by atoms with van der Waals surface area (Å²) in [4.78, 5) is 32.4. The number of nitrogens with zero attached hydrogens (tertiary/aromatic N) is 3. The molecule has 31 heavy (non-hydrogen) atoms. The zero-order valence-corrected chi connectivity index (χ0v) is 18.2. The molecule has 1 atom stereocenters. The van der Waals surface area contributed by atoms with E-state index in [2.05, 4.69) is 10.3 Å². The van der Waals surface area contributed by atoms with Crippen molar-refractivity contribution in [2.24, 2.45) is 5.92 Å². The molecule has 1 aliphatic heterocycles. The van der Waals surface area contributed by atoms with Crippen molar-refractivity contribution in [3.63, 3.8) is 0 Å². The third-order valence-electron chi connectivity index (χ3n) is 6.41. The number of piperidine rings is 1. The van der Waals surface area contributed by atoms with Crippen LogP contribution in [0.2, 0.25) is 0 Å². The molecule has 2 amide bonds. The summed E-state index contributed by atoms with van der Waals surface area (Å²) in [6.45, 7) is 2.01. The average Bonchev–Trinajstić information content (AvgIpc) is 3.20. The Balaban J connectivity index is 1.66. The fourth-order valence-electron chi connectivity index (χ4n) is 4.72. The van der Waals surface area contributed by atoms with Crippen LogP contribution < -0.4 is 5.32 Å². The molecule has 0 radical (unpaired) electrons. The smallest absolute Gasteiger partial charge is 0.256 e. The molecule has 4 rings (SSSR count). The van der Waals surface area contributed by atoms with Crippen molar-refractivity contribution in [1.29, 1.82) is 0 Å². The lowest BCUT2D eigenvalue weighted by molar-refractivity contribution is -0.120. The molecule has 1 saturated carbocycles. The summed E-state index contributed by atoms with van der Waals surface area (Å²) in [6.07, 6.45) is 7.88. The number of hydrogen-bond donors (Lipinski definition) is 2. The van der Waals surface area contributed by atoms with E-state index in [4.69, 9.17) is 4.74 Å². The first-order valence-corrected chi connectivity index (χ1v) is 11.3. The Morgan fingerprint density at radius 2 is 2.00 bits per heavy atom. The van der Waals surface area contributed by atoms with E-state index in [9.17, 15) is 14.7 Å².